The minimum atomic E-state index is -0.250. The first-order chi connectivity index (χ1) is 10.6. The molecule has 1 aromatic heterocycles. The van der Waals surface area contributed by atoms with E-state index in [0.717, 1.165) is 50.8 Å². The Hall–Kier alpha value is -0.980. The summed E-state index contributed by atoms with van der Waals surface area (Å²) in [7, 11) is 2.10. The lowest BCUT2D eigenvalue weighted by molar-refractivity contribution is 0.0325. The summed E-state index contributed by atoms with van der Waals surface area (Å²) in [6.45, 7) is 8.88. The van der Waals surface area contributed by atoms with Crippen molar-refractivity contribution in [3.05, 3.63) is 11.6 Å². The summed E-state index contributed by atoms with van der Waals surface area (Å²) in [6, 6.07) is 0.527. The molecule has 2 aliphatic rings. The summed E-state index contributed by atoms with van der Waals surface area (Å²) in [5, 5.41) is 18.4. The third kappa shape index (κ3) is 3.50. The molecule has 0 spiro atoms. The molecule has 1 saturated heterocycles. The van der Waals surface area contributed by atoms with Crippen LogP contribution in [0.1, 0.15) is 50.7 Å². The molecule has 6 nitrogen and oxygen atoms in total. The van der Waals surface area contributed by atoms with Crippen molar-refractivity contribution in [1.29, 1.82) is 0 Å². The number of rotatable bonds is 6. The van der Waals surface area contributed by atoms with E-state index in [0.29, 0.717) is 12.0 Å². The average molecular weight is 307 g/mol. The first kappa shape index (κ1) is 15.9. The number of β-amino-alcohol motifs (C(OH)–C–C–N with tert-alkyl or cyclic N) is 1. The highest BCUT2D eigenvalue weighted by molar-refractivity contribution is 5.07. The van der Waals surface area contributed by atoms with E-state index in [1.54, 1.807) is 0 Å². The van der Waals surface area contributed by atoms with Crippen LogP contribution in [-0.2, 0) is 13.6 Å². The van der Waals surface area contributed by atoms with Crippen LogP contribution in [0.15, 0.2) is 0 Å². The lowest BCUT2D eigenvalue weighted by Crippen LogP contribution is -2.54. The van der Waals surface area contributed by atoms with E-state index < -0.39 is 0 Å². The molecular formula is C16H29N5O. The van der Waals surface area contributed by atoms with Crippen LogP contribution in [0.5, 0.6) is 0 Å². The Labute approximate surface area is 133 Å². The van der Waals surface area contributed by atoms with Gasteiger partial charge in [0.25, 0.3) is 0 Å². The van der Waals surface area contributed by atoms with Crippen LogP contribution in [-0.4, -0.2) is 68.0 Å². The fourth-order valence-corrected chi connectivity index (χ4v) is 3.48. The fraction of sp³-hybridized carbons (Fsp3) is 0.875. The third-order valence-corrected chi connectivity index (χ3v) is 4.97. The number of aliphatic hydroxyl groups is 1. The minimum absolute atomic E-state index is 0.250. The topological polar surface area (TPSA) is 57.4 Å². The summed E-state index contributed by atoms with van der Waals surface area (Å²) in [4.78, 5) is 4.90. The van der Waals surface area contributed by atoms with Gasteiger partial charge in [0, 0.05) is 45.2 Å². The first-order valence-electron chi connectivity index (χ1n) is 8.61. The average Bonchev–Trinajstić information content (AvgIpc) is 3.26. The van der Waals surface area contributed by atoms with Crippen molar-refractivity contribution in [2.45, 2.75) is 57.7 Å². The van der Waals surface area contributed by atoms with Gasteiger partial charge in [-0.3, -0.25) is 9.80 Å². The second-order valence-electron chi connectivity index (χ2n) is 6.95. The zero-order valence-electron chi connectivity index (χ0n) is 14.1. The molecule has 2 atom stereocenters. The minimum Gasteiger partial charge on any atom is -0.392 e. The van der Waals surface area contributed by atoms with Gasteiger partial charge in [0.05, 0.1) is 12.6 Å². The number of hydrogen-bond donors (Lipinski definition) is 1. The molecule has 0 bridgehead atoms. The van der Waals surface area contributed by atoms with E-state index in [1.807, 2.05) is 6.92 Å². The SMILES string of the molecule is CC[C@@H]1CN(Cc2nnc(C3CC3)n2C)CCN1C[C@H](C)O. The van der Waals surface area contributed by atoms with Crippen molar-refractivity contribution in [2.75, 3.05) is 26.2 Å². The molecule has 2 heterocycles. The highest BCUT2D eigenvalue weighted by Gasteiger charge is 2.31. The van der Waals surface area contributed by atoms with Crippen molar-refractivity contribution in [1.82, 2.24) is 24.6 Å². The van der Waals surface area contributed by atoms with Crippen LogP contribution in [0.2, 0.25) is 0 Å². The molecule has 1 aliphatic heterocycles. The van der Waals surface area contributed by atoms with Crippen molar-refractivity contribution in [3.8, 4) is 0 Å². The second-order valence-corrected chi connectivity index (χ2v) is 6.95. The quantitative estimate of drug-likeness (QED) is 0.849. The van der Waals surface area contributed by atoms with E-state index in [1.165, 1.54) is 12.8 Å². The van der Waals surface area contributed by atoms with E-state index in [2.05, 4.69) is 38.5 Å². The maximum atomic E-state index is 9.64. The predicted molar refractivity (Wildman–Crippen MR) is 85.6 cm³/mol. The van der Waals surface area contributed by atoms with Gasteiger partial charge in [-0.05, 0) is 26.2 Å². The smallest absolute Gasteiger partial charge is 0.146 e. The van der Waals surface area contributed by atoms with E-state index in [9.17, 15) is 5.11 Å². The molecule has 2 fully saturated rings. The summed E-state index contributed by atoms with van der Waals surface area (Å²) in [5.74, 6) is 2.90. The number of piperazine rings is 1. The Morgan fingerprint density at radius 1 is 1.27 bits per heavy atom. The zero-order chi connectivity index (χ0) is 15.7. The second kappa shape index (κ2) is 6.64. The fourth-order valence-electron chi connectivity index (χ4n) is 3.48. The Bertz CT molecular complexity index is 497. The highest BCUT2D eigenvalue weighted by atomic mass is 16.3. The zero-order valence-corrected chi connectivity index (χ0v) is 14.1. The summed E-state index contributed by atoms with van der Waals surface area (Å²) in [5.41, 5.74) is 0. The first-order valence-corrected chi connectivity index (χ1v) is 8.61. The van der Waals surface area contributed by atoms with Crippen LogP contribution in [0.3, 0.4) is 0 Å². The monoisotopic (exact) mass is 307 g/mol. The summed E-state index contributed by atoms with van der Waals surface area (Å²) < 4.78 is 2.20. The van der Waals surface area contributed by atoms with Crippen molar-refractivity contribution >= 4 is 0 Å². The Morgan fingerprint density at radius 3 is 2.68 bits per heavy atom. The molecule has 22 heavy (non-hydrogen) atoms. The van der Waals surface area contributed by atoms with Gasteiger partial charge in [-0.25, -0.2) is 0 Å². The van der Waals surface area contributed by atoms with Crippen LogP contribution < -0.4 is 0 Å². The molecule has 0 radical (unpaired) electrons. The van der Waals surface area contributed by atoms with Crippen molar-refractivity contribution in [2.24, 2.45) is 7.05 Å². The number of aliphatic hydroxyl groups excluding tert-OH is 1. The Morgan fingerprint density at radius 2 is 2.05 bits per heavy atom. The van der Waals surface area contributed by atoms with Gasteiger partial charge in [0.1, 0.15) is 11.6 Å². The molecule has 6 heteroatoms. The number of aromatic nitrogens is 3. The maximum Gasteiger partial charge on any atom is 0.146 e. The predicted octanol–water partition coefficient (Wildman–Crippen LogP) is 0.969. The van der Waals surface area contributed by atoms with Crippen molar-refractivity contribution < 1.29 is 5.11 Å². The molecule has 1 aromatic rings. The van der Waals surface area contributed by atoms with Gasteiger partial charge in [0.15, 0.2) is 0 Å². The van der Waals surface area contributed by atoms with E-state index in [-0.39, 0.29) is 6.10 Å². The number of nitrogens with zero attached hydrogens (tertiary/aromatic N) is 5. The standard InChI is InChI=1S/C16H29N5O/c1-4-14-10-20(7-8-21(14)9-12(2)22)11-15-17-18-16(19(15)3)13-5-6-13/h12-14,22H,4-11H2,1-3H3/t12-,14+/m0/s1. The third-order valence-electron chi connectivity index (χ3n) is 4.97. The van der Waals surface area contributed by atoms with Crippen LogP contribution in [0.25, 0.3) is 0 Å². The van der Waals surface area contributed by atoms with E-state index in [4.69, 9.17) is 0 Å². The summed E-state index contributed by atoms with van der Waals surface area (Å²) >= 11 is 0. The van der Waals surface area contributed by atoms with Gasteiger partial charge < -0.3 is 9.67 Å². The van der Waals surface area contributed by atoms with Crippen LogP contribution in [0.4, 0.5) is 0 Å². The molecule has 124 valence electrons. The molecule has 0 unspecified atom stereocenters. The van der Waals surface area contributed by atoms with Gasteiger partial charge >= 0.3 is 0 Å². The van der Waals surface area contributed by atoms with Gasteiger partial charge in [-0.1, -0.05) is 6.92 Å². The van der Waals surface area contributed by atoms with Crippen LogP contribution >= 0.6 is 0 Å². The lowest BCUT2D eigenvalue weighted by Gasteiger charge is -2.41. The normalized spacial score (nSPS) is 25.5. The van der Waals surface area contributed by atoms with Gasteiger partial charge in [-0.15, -0.1) is 10.2 Å². The van der Waals surface area contributed by atoms with Gasteiger partial charge in [0.2, 0.25) is 0 Å². The molecule has 1 saturated carbocycles. The number of hydrogen-bond acceptors (Lipinski definition) is 5. The van der Waals surface area contributed by atoms with Crippen molar-refractivity contribution in [3.63, 3.8) is 0 Å². The largest absolute Gasteiger partial charge is 0.392 e. The van der Waals surface area contributed by atoms with Gasteiger partial charge in [-0.2, -0.15) is 0 Å². The Balaban J connectivity index is 1.59. The molecule has 1 aliphatic carbocycles. The molecule has 1 N–H and O–H groups in total. The molecule has 3 rings (SSSR count). The molecule has 0 amide bonds. The van der Waals surface area contributed by atoms with Crippen LogP contribution in [0, 0.1) is 0 Å². The molecule has 0 aromatic carbocycles. The molecular weight excluding hydrogens is 278 g/mol. The maximum absolute atomic E-state index is 9.64. The Kier molecular flexibility index (Phi) is 4.80. The lowest BCUT2D eigenvalue weighted by atomic mass is 10.1. The highest BCUT2D eigenvalue weighted by Crippen LogP contribution is 2.38. The summed E-state index contributed by atoms with van der Waals surface area (Å²) in [6.07, 6.45) is 3.40. The van der Waals surface area contributed by atoms with E-state index >= 15 is 0 Å².